The van der Waals surface area contributed by atoms with Crippen LogP contribution in [0.4, 0.5) is 11.4 Å². The summed E-state index contributed by atoms with van der Waals surface area (Å²) in [6.07, 6.45) is 10.1. The number of nitrogens with zero attached hydrogens (tertiary/aromatic N) is 2. The Kier molecular flexibility index (Phi) is 3.12. The zero-order valence-electron chi connectivity index (χ0n) is 11.0. The lowest BCUT2D eigenvalue weighted by Gasteiger charge is -2.47. The minimum absolute atomic E-state index is 0.557. The number of piperidine rings is 2. The summed E-state index contributed by atoms with van der Waals surface area (Å²) in [7, 11) is 2.28. The molecule has 4 nitrogen and oxygen atoms in total. The van der Waals surface area contributed by atoms with Crippen molar-refractivity contribution in [1.29, 1.82) is 0 Å². The van der Waals surface area contributed by atoms with Crippen LogP contribution in [0.1, 0.15) is 32.1 Å². The maximum absolute atomic E-state index is 5.95. The lowest BCUT2D eigenvalue weighted by molar-refractivity contribution is 0.0608. The SMILES string of the molecule is CN1C2CCCC1CC(Nc1ccncc1N)C2. The van der Waals surface area contributed by atoms with Crippen LogP contribution in [0.5, 0.6) is 0 Å². The van der Waals surface area contributed by atoms with Gasteiger partial charge in [-0.1, -0.05) is 6.42 Å². The molecule has 0 aromatic carbocycles. The van der Waals surface area contributed by atoms with Gasteiger partial charge in [0.1, 0.15) is 0 Å². The number of hydrogen-bond acceptors (Lipinski definition) is 4. The van der Waals surface area contributed by atoms with Crippen molar-refractivity contribution in [2.24, 2.45) is 0 Å². The predicted molar refractivity (Wildman–Crippen MR) is 74.5 cm³/mol. The van der Waals surface area contributed by atoms with E-state index in [1.807, 2.05) is 6.07 Å². The van der Waals surface area contributed by atoms with Gasteiger partial charge in [-0.25, -0.2) is 0 Å². The van der Waals surface area contributed by atoms with Gasteiger partial charge in [0.05, 0.1) is 17.6 Å². The van der Waals surface area contributed by atoms with Crippen molar-refractivity contribution >= 4 is 11.4 Å². The van der Waals surface area contributed by atoms with Gasteiger partial charge in [0, 0.05) is 24.3 Å². The van der Waals surface area contributed by atoms with E-state index in [0.29, 0.717) is 6.04 Å². The van der Waals surface area contributed by atoms with Crippen molar-refractivity contribution in [3.63, 3.8) is 0 Å². The second-order valence-electron chi connectivity index (χ2n) is 5.68. The molecule has 0 aliphatic carbocycles. The standard InChI is InChI=1S/C14H22N4/c1-18-11-3-2-4-12(18)8-10(7-11)17-14-5-6-16-9-13(14)15/h5-6,9-12H,2-4,7-8,15H2,1H3,(H,16,17). The minimum atomic E-state index is 0.557. The summed E-state index contributed by atoms with van der Waals surface area (Å²) in [5.74, 6) is 0. The molecule has 0 saturated carbocycles. The van der Waals surface area contributed by atoms with Crippen LogP contribution in [0.15, 0.2) is 18.5 Å². The van der Waals surface area contributed by atoms with Crippen molar-refractivity contribution < 1.29 is 0 Å². The lowest BCUT2D eigenvalue weighted by Crippen LogP contribution is -2.52. The van der Waals surface area contributed by atoms with Crippen LogP contribution >= 0.6 is 0 Å². The third-order valence-corrected chi connectivity index (χ3v) is 4.55. The molecule has 4 heteroatoms. The molecule has 0 amide bonds. The van der Waals surface area contributed by atoms with Crippen molar-refractivity contribution in [2.75, 3.05) is 18.1 Å². The lowest BCUT2D eigenvalue weighted by atomic mass is 9.82. The number of anilines is 2. The second-order valence-corrected chi connectivity index (χ2v) is 5.68. The summed E-state index contributed by atoms with van der Waals surface area (Å²) in [5, 5.41) is 3.61. The fourth-order valence-corrected chi connectivity index (χ4v) is 3.49. The van der Waals surface area contributed by atoms with Crippen LogP contribution in [0, 0.1) is 0 Å². The fourth-order valence-electron chi connectivity index (χ4n) is 3.49. The first-order valence-electron chi connectivity index (χ1n) is 6.92. The van der Waals surface area contributed by atoms with Gasteiger partial charge in [-0.2, -0.15) is 0 Å². The zero-order valence-corrected chi connectivity index (χ0v) is 11.0. The molecule has 2 aliphatic heterocycles. The van der Waals surface area contributed by atoms with Crippen LogP contribution in [0.2, 0.25) is 0 Å². The van der Waals surface area contributed by atoms with E-state index in [1.54, 1.807) is 12.4 Å². The predicted octanol–water partition coefficient (Wildman–Crippen LogP) is 2.09. The van der Waals surface area contributed by atoms with E-state index in [-0.39, 0.29) is 0 Å². The molecule has 2 fully saturated rings. The Labute approximate surface area is 109 Å². The molecule has 98 valence electrons. The van der Waals surface area contributed by atoms with E-state index in [9.17, 15) is 0 Å². The Morgan fingerprint density at radius 1 is 1.33 bits per heavy atom. The van der Waals surface area contributed by atoms with E-state index in [4.69, 9.17) is 5.73 Å². The average Bonchev–Trinajstić information content (AvgIpc) is 2.33. The van der Waals surface area contributed by atoms with Gasteiger partial charge in [0.15, 0.2) is 0 Å². The van der Waals surface area contributed by atoms with Crippen LogP contribution < -0.4 is 11.1 Å². The van der Waals surface area contributed by atoms with E-state index >= 15 is 0 Å². The molecule has 3 heterocycles. The molecule has 3 rings (SSSR count). The van der Waals surface area contributed by atoms with E-state index in [1.165, 1.54) is 32.1 Å². The molecule has 2 aliphatic rings. The van der Waals surface area contributed by atoms with Crippen LogP contribution in [-0.4, -0.2) is 35.1 Å². The maximum atomic E-state index is 5.95. The summed E-state index contributed by atoms with van der Waals surface area (Å²) in [6.45, 7) is 0. The number of fused-ring (bicyclic) bond motifs is 2. The van der Waals surface area contributed by atoms with E-state index in [0.717, 1.165) is 23.5 Å². The molecule has 2 bridgehead atoms. The van der Waals surface area contributed by atoms with Crippen molar-refractivity contribution in [3.05, 3.63) is 18.5 Å². The summed E-state index contributed by atoms with van der Waals surface area (Å²) in [4.78, 5) is 6.62. The van der Waals surface area contributed by atoms with Crippen LogP contribution in [-0.2, 0) is 0 Å². The molecular formula is C14H22N4. The Hall–Kier alpha value is -1.29. The van der Waals surface area contributed by atoms with Gasteiger partial charge in [0.25, 0.3) is 0 Å². The molecule has 1 aromatic rings. The Morgan fingerprint density at radius 3 is 2.72 bits per heavy atom. The number of nitrogens with one attached hydrogen (secondary N) is 1. The first-order chi connectivity index (χ1) is 8.74. The summed E-state index contributed by atoms with van der Waals surface area (Å²) in [5.41, 5.74) is 7.74. The van der Waals surface area contributed by atoms with Gasteiger partial charge in [-0.15, -0.1) is 0 Å². The molecule has 1 aromatic heterocycles. The molecule has 2 saturated heterocycles. The third kappa shape index (κ3) is 2.17. The normalized spacial score (nSPS) is 32.2. The number of pyridine rings is 1. The van der Waals surface area contributed by atoms with Crippen molar-refractivity contribution in [1.82, 2.24) is 9.88 Å². The van der Waals surface area contributed by atoms with Crippen LogP contribution in [0.3, 0.4) is 0 Å². The summed E-state index contributed by atoms with van der Waals surface area (Å²) in [6, 6.07) is 4.03. The highest BCUT2D eigenvalue weighted by Gasteiger charge is 2.35. The Bertz CT molecular complexity index is 406. The highest BCUT2D eigenvalue weighted by atomic mass is 15.2. The van der Waals surface area contributed by atoms with Gasteiger partial charge in [-0.3, -0.25) is 4.98 Å². The Morgan fingerprint density at radius 2 is 2.06 bits per heavy atom. The van der Waals surface area contributed by atoms with Crippen molar-refractivity contribution in [3.8, 4) is 0 Å². The van der Waals surface area contributed by atoms with Gasteiger partial charge >= 0.3 is 0 Å². The van der Waals surface area contributed by atoms with Crippen LogP contribution in [0.25, 0.3) is 0 Å². The largest absolute Gasteiger partial charge is 0.396 e. The number of nitrogens with two attached hydrogens (primary N) is 1. The zero-order chi connectivity index (χ0) is 12.5. The molecule has 18 heavy (non-hydrogen) atoms. The number of nitrogen functional groups attached to an aromatic ring is 1. The van der Waals surface area contributed by atoms with Crippen molar-refractivity contribution in [2.45, 2.75) is 50.2 Å². The molecule has 3 N–H and O–H groups in total. The average molecular weight is 246 g/mol. The highest BCUT2D eigenvalue weighted by molar-refractivity contribution is 5.64. The first kappa shape index (κ1) is 11.8. The van der Waals surface area contributed by atoms with Gasteiger partial charge in [0.2, 0.25) is 0 Å². The first-order valence-corrected chi connectivity index (χ1v) is 6.92. The number of rotatable bonds is 2. The Balaban J connectivity index is 1.70. The third-order valence-electron chi connectivity index (χ3n) is 4.55. The van der Waals surface area contributed by atoms with Gasteiger partial charge < -0.3 is 16.0 Å². The molecule has 2 atom stereocenters. The monoisotopic (exact) mass is 246 g/mol. The summed E-state index contributed by atoms with van der Waals surface area (Å²) >= 11 is 0. The molecule has 0 spiro atoms. The topological polar surface area (TPSA) is 54.2 Å². The quantitative estimate of drug-likeness (QED) is 0.839. The van der Waals surface area contributed by atoms with E-state index in [2.05, 4.69) is 22.2 Å². The molecule has 2 unspecified atom stereocenters. The van der Waals surface area contributed by atoms with E-state index < -0.39 is 0 Å². The molecule has 0 radical (unpaired) electrons. The molecular weight excluding hydrogens is 224 g/mol. The minimum Gasteiger partial charge on any atom is -0.396 e. The fraction of sp³-hybridized carbons (Fsp3) is 0.643. The second kappa shape index (κ2) is 4.76. The highest BCUT2D eigenvalue weighted by Crippen LogP contribution is 2.34. The van der Waals surface area contributed by atoms with Gasteiger partial charge in [-0.05, 0) is 38.8 Å². The maximum Gasteiger partial charge on any atom is 0.0736 e. The number of aromatic nitrogens is 1. The number of hydrogen-bond donors (Lipinski definition) is 2. The summed E-state index contributed by atoms with van der Waals surface area (Å²) < 4.78 is 0. The smallest absolute Gasteiger partial charge is 0.0736 e.